The maximum absolute atomic E-state index is 13.9. The molecule has 2 aromatic rings. The number of halogens is 2. The normalized spacial score (nSPS) is 19.2. The zero-order valence-electron chi connectivity index (χ0n) is 13.1. The summed E-state index contributed by atoms with van der Waals surface area (Å²) >= 11 is 0. The number of hydrogen-bond acceptors (Lipinski definition) is 4. The molecule has 0 aliphatic carbocycles. The number of rotatable bonds is 5. The van der Waals surface area contributed by atoms with Crippen molar-refractivity contribution in [2.24, 2.45) is 0 Å². The third-order valence-corrected chi connectivity index (χ3v) is 4.16. The molecule has 23 heavy (non-hydrogen) atoms. The molecule has 1 aliphatic rings. The zero-order valence-corrected chi connectivity index (χ0v) is 13.1. The van der Waals surface area contributed by atoms with E-state index in [0.717, 1.165) is 25.8 Å². The van der Waals surface area contributed by atoms with Crippen molar-refractivity contribution in [1.29, 1.82) is 0 Å². The summed E-state index contributed by atoms with van der Waals surface area (Å²) in [4.78, 5) is 6.49. The van der Waals surface area contributed by atoms with Crippen LogP contribution in [-0.2, 0) is 17.9 Å². The molecule has 5 nitrogen and oxygen atoms in total. The van der Waals surface area contributed by atoms with E-state index in [-0.39, 0.29) is 18.2 Å². The molecule has 1 unspecified atom stereocenters. The van der Waals surface area contributed by atoms with Crippen molar-refractivity contribution in [3.63, 3.8) is 0 Å². The summed E-state index contributed by atoms with van der Waals surface area (Å²) in [5.74, 6) is 0.298. The van der Waals surface area contributed by atoms with Crippen LogP contribution in [0.5, 0.6) is 0 Å². The summed E-state index contributed by atoms with van der Waals surface area (Å²) < 4.78 is 32.9. The van der Waals surface area contributed by atoms with Gasteiger partial charge in [0.05, 0.1) is 6.04 Å². The second kappa shape index (κ2) is 7.14. The molecule has 124 valence electrons. The monoisotopic (exact) mass is 322 g/mol. The summed E-state index contributed by atoms with van der Waals surface area (Å²) in [6, 6.07) is 3.93. The third-order valence-electron chi connectivity index (χ3n) is 4.16. The fraction of sp³-hybridized carbons (Fsp3) is 0.500. The molecule has 1 aromatic heterocycles. The van der Waals surface area contributed by atoms with Crippen LogP contribution in [0.3, 0.4) is 0 Å². The fourth-order valence-corrected chi connectivity index (χ4v) is 3.02. The molecule has 0 saturated carbocycles. The van der Waals surface area contributed by atoms with E-state index >= 15 is 0 Å². The number of aromatic nitrogens is 3. The van der Waals surface area contributed by atoms with Crippen LogP contribution in [-0.4, -0.2) is 33.7 Å². The van der Waals surface area contributed by atoms with Gasteiger partial charge in [0.25, 0.3) is 0 Å². The molecule has 1 fully saturated rings. The van der Waals surface area contributed by atoms with Gasteiger partial charge in [-0.3, -0.25) is 10.00 Å². The Morgan fingerprint density at radius 3 is 2.83 bits per heavy atom. The predicted molar refractivity (Wildman–Crippen MR) is 80.5 cm³/mol. The quantitative estimate of drug-likeness (QED) is 0.919. The van der Waals surface area contributed by atoms with Crippen LogP contribution >= 0.6 is 0 Å². The number of hydrogen-bond donors (Lipinski definition) is 1. The van der Waals surface area contributed by atoms with Crippen LogP contribution in [0.4, 0.5) is 8.78 Å². The molecule has 0 bridgehead atoms. The second-order valence-electron chi connectivity index (χ2n) is 5.76. The average molecular weight is 322 g/mol. The lowest BCUT2D eigenvalue weighted by Gasteiger charge is -2.34. The highest BCUT2D eigenvalue weighted by Crippen LogP contribution is 2.31. The Labute approximate surface area is 133 Å². The van der Waals surface area contributed by atoms with Gasteiger partial charge in [-0.05, 0) is 31.5 Å². The van der Waals surface area contributed by atoms with Gasteiger partial charge in [-0.1, -0.05) is 12.5 Å². The lowest BCUT2D eigenvalue weighted by Crippen LogP contribution is -2.34. The lowest BCUT2D eigenvalue weighted by atomic mass is 10.0. The van der Waals surface area contributed by atoms with Crippen molar-refractivity contribution >= 4 is 0 Å². The van der Waals surface area contributed by atoms with E-state index in [1.807, 2.05) is 4.90 Å². The molecule has 0 radical (unpaired) electrons. The van der Waals surface area contributed by atoms with Crippen LogP contribution < -0.4 is 0 Å². The fourth-order valence-electron chi connectivity index (χ4n) is 3.02. The first kappa shape index (κ1) is 16.0. The Bertz CT molecular complexity index is 641. The number of likely N-dealkylation sites (tertiary alicyclic amines) is 1. The van der Waals surface area contributed by atoms with E-state index in [2.05, 4.69) is 15.2 Å². The minimum Gasteiger partial charge on any atom is -0.377 e. The molecule has 1 saturated heterocycles. The highest BCUT2D eigenvalue weighted by Gasteiger charge is 2.28. The molecule has 1 aliphatic heterocycles. The van der Waals surface area contributed by atoms with Crippen LogP contribution in [0.15, 0.2) is 18.2 Å². The first-order valence-corrected chi connectivity index (χ1v) is 7.76. The van der Waals surface area contributed by atoms with Crippen LogP contribution in [0, 0.1) is 11.6 Å². The molecule has 0 amide bonds. The van der Waals surface area contributed by atoms with Gasteiger partial charge in [-0.25, -0.2) is 13.8 Å². The van der Waals surface area contributed by atoms with Gasteiger partial charge in [-0.2, -0.15) is 5.10 Å². The van der Waals surface area contributed by atoms with Crippen molar-refractivity contribution in [3.8, 4) is 0 Å². The van der Waals surface area contributed by atoms with E-state index in [1.165, 1.54) is 18.2 Å². The number of nitrogens with one attached hydrogen (secondary N) is 1. The van der Waals surface area contributed by atoms with E-state index in [9.17, 15) is 8.78 Å². The van der Waals surface area contributed by atoms with Gasteiger partial charge in [0, 0.05) is 19.2 Å². The summed E-state index contributed by atoms with van der Waals surface area (Å²) in [6.07, 6.45) is 2.93. The number of benzene rings is 1. The number of piperidine rings is 1. The van der Waals surface area contributed by atoms with E-state index in [4.69, 9.17) is 4.74 Å². The molecule has 3 rings (SSSR count). The van der Waals surface area contributed by atoms with Crippen molar-refractivity contribution in [2.45, 2.75) is 38.5 Å². The standard InChI is InChI=1S/C16H20F2N4O/c1-23-10-15-19-16(21-20-15)14-7-2-3-8-22(14)9-11-12(17)5-4-6-13(11)18/h4-6,14H,2-3,7-10H2,1H3,(H,19,20,21). The van der Waals surface area contributed by atoms with Crippen LogP contribution in [0.1, 0.15) is 42.5 Å². The highest BCUT2D eigenvalue weighted by molar-refractivity contribution is 5.20. The summed E-state index contributed by atoms with van der Waals surface area (Å²) in [5.41, 5.74) is 0.104. The van der Waals surface area contributed by atoms with Gasteiger partial charge in [0.1, 0.15) is 18.2 Å². The van der Waals surface area contributed by atoms with Crippen molar-refractivity contribution in [2.75, 3.05) is 13.7 Å². The Morgan fingerprint density at radius 2 is 2.09 bits per heavy atom. The largest absolute Gasteiger partial charge is 0.377 e. The van der Waals surface area contributed by atoms with Gasteiger partial charge in [0.15, 0.2) is 11.6 Å². The summed E-state index contributed by atoms with van der Waals surface area (Å²) in [7, 11) is 1.59. The first-order valence-electron chi connectivity index (χ1n) is 7.76. The maximum atomic E-state index is 13.9. The minimum atomic E-state index is -0.510. The average Bonchev–Trinajstić information content (AvgIpc) is 3.00. The van der Waals surface area contributed by atoms with E-state index in [0.29, 0.717) is 18.3 Å². The molecule has 0 spiro atoms. The molecule has 1 atom stereocenters. The van der Waals surface area contributed by atoms with Crippen molar-refractivity contribution in [3.05, 3.63) is 47.0 Å². The third kappa shape index (κ3) is 3.56. The molecule has 1 aromatic carbocycles. The Morgan fingerprint density at radius 1 is 1.30 bits per heavy atom. The van der Waals surface area contributed by atoms with Gasteiger partial charge in [0.2, 0.25) is 0 Å². The number of nitrogens with zero attached hydrogens (tertiary/aromatic N) is 3. The SMILES string of the molecule is COCc1nc(C2CCCCN2Cc2c(F)cccc2F)n[nH]1. The van der Waals surface area contributed by atoms with Crippen LogP contribution in [0.2, 0.25) is 0 Å². The zero-order chi connectivity index (χ0) is 16.2. The second-order valence-corrected chi connectivity index (χ2v) is 5.76. The van der Waals surface area contributed by atoms with Gasteiger partial charge in [-0.15, -0.1) is 0 Å². The lowest BCUT2D eigenvalue weighted by molar-refractivity contribution is 0.130. The Balaban J connectivity index is 1.81. The molecular weight excluding hydrogens is 302 g/mol. The summed E-state index contributed by atoms with van der Waals surface area (Å²) in [5, 5.41) is 7.10. The smallest absolute Gasteiger partial charge is 0.167 e. The number of H-pyrrole nitrogens is 1. The van der Waals surface area contributed by atoms with Crippen molar-refractivity contribution in [1.82, 2.24) is 20.1 Å². The predicted octanol–water partition coefficient (Wildman–Crippen LogP) is 2.96. The van der Waals surface area contributed by atoms with Crippen molar-refractivity contribution < 1.29 is 13.5 Å². The molecule has 1 N–H and O–H groups in total. The highest BCUT2D eigenvalue weighted by atomic mass is 19.1. The maximum Gasteiger partial charge on any atom is 0.167 e. The van der Waals surface area contributed by atoms with E-state index in [1.54, 1.807) is 7.11 Å². The number of aromatic amines is 1. The van der Waals surface area contributed by atoms with Crippen LogP contribution in [0.25, 0.3) is 0 Å². The Hall–Kier alpha value is -1.86. The van der Waals surface area contributed by atoms with E-state index < -0.39 is 11.6 Å². The summed E-state index contributed by atoms with van der Waals surface area (Å²) in [6.45, 7) is 1.35. The molecule has 7 heteroatoms. The molecule has 2 heterocycles. The minimum absolute atomic E-state index is 0.0374. The Kier molecular flexibility index (Phi) is 4.97. The number of methoxy groups -OCH3 is 1. The first-order chi connectivity index (χ1) is 11.2. The molecular formula is C16H20F2N4O. The number of ether oxygens (including phenoxy) is 1. The van der Waals surface area contributed by atoms with Gasteiger partial charge < -0.3 is 4.74 Å². The van der Waals surface area contributed by atoms with Gasteiger partial charge >= 0.3 is 0 Å². The topological polar surface area (TPSA) is 54.0 Å².